The molecule has 0 fully saturated rings. The summed E-state index contributed by atoms with van der Waals surface area (Å²) in [4.78, 5) is 2.15. The topological polar surface area (TPSA) is 12.9 Å². The molecule has 0 N–H and O–H groups in total. The maximum atomic E-state index is 12.8. The fraction of sp³-hybridized carbons (Fsp3) is 0.375. The molecule has 0 saturated carbocycles. The summed E-state index contributed by atoms with van der Waals surface area (Å²) in [6, 6.07) is 0. The van der Waals surface area contributed by atoms with Crippen molar-refractivity contribution in [3.8, 4) is 0 Å². The van der Waals surface area contributed by atoms with Gasteiger partial charge in [0.1, 0.15) is 0 Å². The second-order valence-electron chi connectivity index (χ2n) is 3.14. The van der Waals surface area contributed by atoms with Gasteiger partial charge in [0.2, 0.25) is 0 Å². The van der Waals surface area contributed by atoms with Crippen LogP contribution in [-0.4, -0.2) is 11.2 Å². The molecule has 0 aliphatic carbocycles. The normalized spacial score (nSPS) is 12.9. The third-order valence-electron chi connectivity index (χ3n) is 1.73. The number of hydrogen-bond donors (Lipinski definition) is 0. The Morgan fingerprint density at radius 1 is 0.778 bits per heavy atom. The summed E-state index contributed by atoms with van der Waals surface area (Å²) < 4.78 is 110. The highest BCUT2D eigenvalue weighted by molar-refractivity contribution is 5.20. The zero-order chi connectivity index (χ0) is 14.3. The van der Waals surface area contributed by atoms with Gasteiger partial charge >= 0.3 is 12.4 Å². The molecule has 0 bridgehead atoms. The van der Waals surface area contributed by atoms with Gasteiger partial charge in [-0.05, 0) is 0 Å². The predicted molar refractivity (Wildman–Crippen MR) is 38.9 cm³/mol. The van der Waals surface area contributed by atoms with Crippen molar-refractivity contribution in [2.24, 2.45) is 0 Å². The van der Waals surface area contributed by atoms with Gasteiger partial charge in [0, 0.05) is 0 Å². The molecule has 18 heavy (non-hydrogen) atoms. The van der Waals surface area contributed by atoms with Gasteiger partial charge < -0.3 is 0 Å². The average Bonchev–Trinajstić information content (AvgIpc) is 2.15. The molecule has 0 aliphatic rings. The van der Waals surface area contributed by atoms with Crippen LogP contribution in [-0.2, 0) is 12.6 Å². The minimum atomic E-state index is -5.53. The van der Waals surface area contributed by atoms with Crippen molar-refractivity contribution in [2.45, 2.75) is 18.8 Å². The molecule has 1 aromatic heterocycles. The molecule has 0 atom stereocenters. The van der Waals surface area contributed by atoms with Crippen LogP contribution in [0.5, 0.6) is 0 Å². The molecule has 0 aromatic carbocycles. The maximum absolute atomic E-state index is 12.8. The van der Waals surface area contributed by atoms with E-state index in [2.05, 4.69) is 4.98 Å². The monoisotopic (exact) mass is 283 g/mol. The largest absolute Gasteiger partial charge is 0.436 e. The van der Waals surface area contributed by atoms with Gasteiger partial charge in [0.15, 0.2) is 23.1 Å². The zero-order valence-corrected chi connectivity index (χ0v) is 8.06. The van der Waals surface area contributed by atoms with E-state index in [0.29, 0.717) is 0 Å². The van der Waals surface area contributed by atoms with Gasteiger partial charge in [0.05, 0.1) is 12.1 Å². The first-order chi connectivity index (χ1) is 7.93. The van der Waals surface area contributed by atoms with Crippen LogP contribution in [0.1, 0.15) is 11.4 Å². The highest BCUT2D eigenvalue weighted by atomic mass is 19.4. The first-order valence-corrected chi connectivity index (χ1v) is 4.11. The lowest BCUT2D eigenvalue weighted by Crippen LogP contribution is -2.20. The van der Waals surface area contributed by atoms with Gasteiger partial charge in [-0.2, -0.15) is 26.3 Å². The Morgan fingerprint density at radius 3 is 1.67 bits per heavy atom. The van der Waals surface area contributed by atoms with E-state index in [0.717, 1.165) is 0 Å². The molecule has 1 nitrogen and oxygen atoms in total. The minimum Gasteiger partial charge on any atom is -0.242 e. The average molecular weight is 283 g/mol. The first-order valence-electron chi connectivity index (χ1n) is 4.11. The number of alkyl halides is 6. The molecular weight excluding hydrogens is 281 g/mol. The Bertz CT molecular complexity index is 459. The SMILES string of the molecule is Fc1c(CC(F)(F)F)nc(C(F)(F)F)c(F)c1F. The molecular formula is C8H2F9N. The van der Waals surface area contributed by atoms with Gasteiger partial charge in [-0.15, -0.1) is 0 Å². The Morgan fingerprint density at radius 2 is 1.28 bits per heavy atom. The highest BCUT2D eigenvalue weighted by Crippen LogP contribution is 2.33. The van der Waals surface area contributed by atoms with E-state index in [4.69, 9.17) is 0 Å². The van der Waals surface area contributed by atoms with Crippen molar-refractivity contribution in [3.05, 3.63) is 28.8 Å². The van der Waals surface area contributed by atoms with E-state index in [1.54, 1.807) is 0 Å². The van der Waals surface area contributed by atoms with Crippen LogP contribution in [0.15, 0.2) is 0 Å². The summed E-state index contributed by atoms with van der Waals surface area (Å²) in [7, 11) is 0. The van der Waals surface area contributed by atoms with Crippen molar-refractivity contribution in [1.29, 1.82) is 0 Å². The summed E-state index contributed by atoms with van der Waals surface area (Å²) in [6.07, 6.45) is -12.9. The zero-order valence-electron chi connectivity index (χ0n) is 8.06. The fourth-order valence-electron chi connectivity index (χ4n) is 1.05. The lowest BCUT2D eigenvalue weighted by Gasteiger charge is -2.12. The summed E-state index contributed by atoms with van der Waals surface area (Å²) in [5, 5.41) is 0. The molecule has 0 radical (unpaired) electrons. The van der Waals surface area contributed by atoms with Gasteiger partial charge in [0.25, 0.3) is 0 Å². The third kappa shape index (κ3) is 3.05. The summed E-state index contributed by atoms with van der Waals surface area (Å²) in [5.41, 5.74) is -4.38. The Hall–Kier alpha value is -1.48. The van der Waals surface area contributed by atoms with E-state index < -0.39 is 47.6 Å². The van der Waals surface area contributed by atoms with E-state index >= 15 is 0 Å². The fourth-order valence-corrected chi connectivity index (χ4v) is 1.05. The van der Waals surface area contributed by atoms with Gasteiger partial charge in [-0.1, -0.05) is 0 Å². The van der Waals surface area contributed by atoms with Crippen LogP contribution in [0, 0.1) is 17.5 Å². The second-order valence-corrected chi connectivity index (χ2v) is 3.14. The number of hydrogen-bond acceptors (Lipinski definition) is 1. The van der Waals surface area contributed by atoms with Crippen molar-refractivity contribution >= 4 is 0 Å². The lowest BCUT2D eigenvalue weighted by atomic mass is 10.2. The summed E-state index contributed by atoms with van der Waals surface area (Å²) in [5.74, 6) is -7.71. The third-order valence-corrected chi connectivity index (χ3v) is 1.73. The maximum Gasteiger partial charge on any atom is 0.436 e. The van der Waals surface area contributed by atoms with Crippen molar-refractivity contribution in [1.82, 2.24) is 4.98 Å². The molecule has 0 aliphatic heterocycles. The lowest BCUT2D eigenvalue weighted by molar-refractivity contribution is -0.146. The van der Waals surface area contributed by atoms with Crippen LogP contribution in [0.4, 0.5) is 39.5 Å². The van der Waals surface area contributed by atoms with Crippen LogP contribution < -0.4 is 0 Å². The number of pyridine rings is 1. The molecule has 102 valence electrons. The molecule has 0 amide bonds. The predicted octanol–water partition coefficient (Wildman–Crippen LogP) is 3.62. The molecule has 10 heteroatoms. The summed E-state index contributed by atoms with van der Waals surface area (Å²) in [6.45, 7) is 0. The van der Waals surface area contributed by atoms with Crippen LogP contribution >= 0.6 is 0 Å². The van der Waals surface area contributed by atoms with Crippen LogP contribution in [0.3, 0.4) is 0 Å². The van der Waals surface area contributed by atoms with Crippen LogP contribution in [0.25, 0.3) is 0 Å². The molecule has 1 aromatic rings. The van der Waals surface area contributed by atoms with Gasteiger partial charge in [-0.25, -0.2) is 18.2 Å². The van der Waals surface area contributed by atoms with Gasteiger partial charge in [-0.3, -0.25) is 0 Å². The van der Waals surface area contributed by atoms with Crippen molar-refractivity contribution in [2.75, 3.05) is 0 Å². The van der Waals surface area contributed by atoms with Crippen molar-refractivity contribution < 1.29 is 39.5 Å². The number of nitrogens with zero attached hydrogens (tertiary/aromatic N) is 1. The Balaban J connectivity index is 3.42. The second kappa shape index (κ2) is 4.32. The quantitative estimate of drug-likeness (QED) is 0.717. The summed E-state index contributed by atoms with van der Waals surface area (Å²) >= 11 is 0. The Labute approximate surface area is 93.2 Å². The number of halogens is 9. The Kier molecular flexibility index (Phi) is 3.50. The van der Waals surface area contributed by atoms with E-state index in [9.17, 15) is 39.5 Å². The highest BCUT2D eigenvalue weighted by Gasteiger charge is 2.41. The molecule has 1 rings (SSSR count). The molecule has 0 spiro atoms. The number of rotatable bonds is 1. The van der Waals surface area contributed by atoms with Crippen molar-refractivity contribution in [3.63, 3.8) is 0 Å². The standard InChI is InChI=1S/C8H2F9N/c9-3-2(1-7(12,13)14)18-6(8(15,16)17)5(11)4(3)10/h1H2. The first kappa shape index (κ1) is 14.6. The van der Waals surface area contributed by atoms with E-state index in [1.807, 2.05) is 0 Å². The van der Waals surface area contributed by atoms with Crippen LogP contribution in [0.2, 0.25) is 0 Å². The minimum absolute atomic E-state index is 1.85. The smallest absolute Gasteiger partial charge is 0.242 e. The number of aromatic nitrogens is 1. The molecule has 1 heterocycles. The van der Waals surface area contributed by atoms with E-state index in [1.165, 1.54) is 0 Å². The van der Waals surface area contributed by atoms with E-state index in [-0.39, 0.29) is 0 Å². The molecule has 0 saturated heterocycles. The molecule has 0 unspecified atom stereocenters.